The Kier molecular flexibility index (Phi) is 4.78. The lowest BCUT2D eigenvalue weighted by molar-refractivity contribution is -0.139. The van der Waals surface area contributed by atoms with Crippen LogP contribution in [-0.4, -0.2) is 30.2 Å². The van der Waals surface area contributed by atoms with Crippen molar-refractivity contribution in [2.24, 2.45) is 41.4 Å². The zero-order valence-corrected chi connectivity index (χ0v) is 20.8. The Bertz CT molecular complexity index is 1340. The number of nitrogens with zero attached hydrogens (tertiary/aromatic N) is 2. The van der Waals surface area contributed by atoms with Gasteiger partial charge in [-0.05, 0) is 91.5 Å². The van der Waals surface area contributed by atoms with Crippen LogP contribution < -0.4 is 14.5 Å². The van der Waals surface area contributed by atoms with Gasteiger partial charge in [-0.3, -0.25) is 24.1 Å². The largest absolute Gasteiger partial charge is 0.426 e. The monoisotopic (exact) mass is 496 g/mol. The Morgan fingerprint density at radius 1 is 0.838 bits per heavy atom. The second-order valence-corrected chi connectivity index (χ2v) is 11.3. The molecule has 2 heterocycles. The Hall–Kier alpha value is -3.74. The van der Waals surface area contributed by atoms with E-state index in [-0.39, 0.29) is 54.4 Å². The van der Waals surface area contributed by atoms with Crippen LogP contribution in [0.2, 0.25) is 0 Å². The number of imide groups is 1. The van der Waals surface area contributed by atoms with E-state index in [1.54, 1.807) is 29.2 Å². The summed E-state index contributed by atoms with van der Waals surface area (Å²) in [6, 6.07) is 12.5. The van der Waals surface area contributed by atoms with E-state index in [0.29, 0.717) is 23.3 Å². The van der Waals surface area contributed by atoms with E-state index >= 15 is 0 Å². The maximum Gasteiger partial charge on any atom is 0.316 e. The number of amides is 3. The Morgan fingerprint density at radius 3 is 2.03 bits per heavy atom. The zero-order chi connectivity index (χ0) is 25.6. The fourth-order valence-corrected chi connectivity index (χ4v) is 7.30. The number of ether oxygens (including phenoxy) is 1. The summed E-state index contributed by atoms with van der Waals surface area (Å²) >= 11 is 0. The summed E-state index contributed by atoms with van der Waals surface area (Å²) in [5, 5.41) is 0. The predicted molar refractivity (Wildman–Crippen MR) is 136 cm³/mol. The molecule has 2 aromatic rings. The molecule has 188 valence electrons. The molecule has 0 aromatic heterocycles. The molecule has 2 saturated heterocycles. The molecule has 0 spiro atoms. The summed E-state index contributed by atoms with van der Waals surface area (Å²) < 4.78 is 5.59. The summed E-state index contributed by atoms with van der Waals surface area (Å²) in [6.45, 7) is 4.23. The van der Waals surface area contributed by atoms with Gasteiger partial charge in [-0.1, -0.05) is 18.2 Å². The minimum atomic E-state index is -0.563. The molecule has 0 N–H and O–H groups in total. The minimum Gasteiger partial charge on any atom is -0.426 e. The van der Waals surface area contributed by atoms with Crippen LogP contribution in [0, 0.1) is 55.3 Å². The van der Waals surface area contributed by atoms with E-state index in [2.05, 4.69) is 12.2 Å². The van der Waals surface area contributed by atoms with Gasteiger partial charge in [0.15, 0.2) is 0 Å². The summed E-state index contributed by atoms with van der Waals surface area (Å²) in [4.78, 5) is 55.1. The maximum absolute atomic E-state index is 13.3. The third-order valence-electron chi connectivity index (χ3n) is 8.95. The highest BCUT2D eigenvalue weighted by Crippen LogP contribution is 2.65. The van der Waals surface area contributed by atoms with Crippen molar-refractivity contribution in [1.29, 1.82) is 0 Å². The highest BCUT2D eigenvalue weighted by atomic mass is 16.5. The Balaban J connectivity index is 1.04. The fraction of sp³-hybridized carbons (Fsp3) is 0.400. The van der Waals surface area contributed by atoms with Gasteiger partial charge in [0.05, 0.1) is 23.4 Å². The van der Waals surface area contributed by atoms with Gasteiger partial charge in [0.2, 0.25) is 17.7 Å². The molecule has 2 aromatic carbocycles. The van der Waals surface area contributed by atoms with Crippen molar-refractivity contribution in [1.82, 2.24) is 0 Å². The van der Waals surface area contributed by atoms with Crippen LogP contribution in [0.4, 0.5) is 11.4 Å². The molecular weight excluding hydrogens is 468 g/mol. The van der Waals surface area contributed by atoms with Gasteiger partial charge in [0, 0.05) is 18.7 Å². The molecule has 2 bridgehead atoms. The first kappa shape index (κ1) is 22.5. The van der Waals surface area contributed by atoms with E-state index < -0.39 is 11.9 Å². The topological polar surface area (TPSA) is 84.0 Å². The molecule has 7 atom stereocenters. The van der Waals surface area contributed by atoms with Crippen molar-refractivity contribution in [3.05, 3.63) is 65.7 Å². The van der Waals surface area contributed by atoms with Crippen LogP contribution in [0.15, 0.2) is 54.6 Å². The van der Waals surface area contributed by atoms with Crippen LogP contribution in [0.1, 0.15) is 24.0 Å². The second kappa shape index (κ2) is 7.88. The normalized spacial score (nSPS) is 33.1. The number of aryl methyl sites for hydroxylation is 2. The Labute approximate surface area is 215 Å². The lowest BCUT2D eigenvalue weighted by Crippen LogP contribution is -2.40. The molecule has 4 aliphatic carbocycles. The molecule has 7 nitrogen and oxygen atoms in total. The maximum atomic E-state index is 13.3. The standard InChI is InChI=1S/C30H28N2O5/c1-15-9-16(2)11-19(10-15)31-14-17(12-25(31)33)30(36)37-20-5-3-18(4-6-20)32-28(34)26-21-7-8-22(24-13-23(21)24)27(26)29(32)35/h3-11,17,21-24,26-27H,12-14H2,1-2H3/t17-,21+,22+,23-,24+,26-,27-/m0/s1. The van der Waals surface area contributed by atoms with Gasteiger partial charge in [-0.2, -0.15) is 0 Å². The van der Waals surface area contributed by atoms with E-state index in [1.807, 2.05) is 32.0 Å². The number of hydrogen-bond donors (Lipinski definition) is 0. The molecule has 2 saturated carbocycles. The van der Waals surface area contributed by atoms with Gasteiger partial charge >= 0.3 is 5.97 Å². The van der Waals surface area contributed by atoms with Crippen LogP contribution in [0.3, 0.4) is 0 Å². The SMILES string of the molecule is Cc1cc(C)cc(N2C[C@@H](C(=O)Oc3ccc(N4C(=O)[C@H]5[C@@H]6C=C[C@H]([C@@H]7C[C@H]67)[C@@H]5C4=O)cc3)CC2=O)c1. The van der Waals surface area contributed by atoms with Crippen molar-refractivity contribution < 1.29 is 23.9 Å². The van der Waals surface area contributed by atoms with Gasteiger partial charge in [-0.15, -0.1) is 0 Å². The molecule has 8 rings (SSSR count). The number of anilines is 2. The summed E-state index contributed by atoms with van der Waals surface area (Å²) in [5.41, 5.74) is 3.42. The van der Waals surface area contributed by atoms with Crippen LogP contribution in [0.25, 0.3) is 0 Å². The summed E-state index contributed by atoms with van der Waals surface area (Å²) in [6.07, 6.45) is 5.55. The third kappa shape index (κ3) is 3.40. The van der Waals surface area contributed by atoms with Gasteiger partial charge < -0.3 is 9.64 Å². The lowest BCUT2D eigenvalue weighted by Gasteiger charge is -2.37. The first-order chi connectivity index (χ1) is 17.8. The molecular formula is C30H28N2O5. The number of benzene rings is 2. The highest BCUT2D eigenvalue weighted by molar-refractivity contribution is 6.22. The smallest absolute Gasteiger partial charge is 0.316 e. The van der Waals surface area contributed by atoms with Gasteiger partial charge in [-0.25, -0.2) is 0 Å². The molecule has 7 heteroatoms. The lowest BCUT2D eigenvalue weighted by atomic mass is 9.63. The van der Waals surface area contributed by atoms with E-state index in [9.17, 15) is 19.2 Å². The van der Waals surface area contributed by atoms with E-state index in [0.717, 1.165) is 23.2 Å². The van der Waals surface area contributed by atoms with Crippen LogP contribution >= 0.6 is 0 Å². The Morgan fingerprint density at radius 2 is 1.43 bits per heavy atom. The fourth-order valence-electron chi connectivity index (χ4n) is 7.30. The number of carbonyl (C=O) groups is 4. The zero-order valence-electron chi connectivity index (χ0n) is 20.8. The number of hydrogen-bond acceptors (Lipinski definition) is 5. The first-order valence-electron chi connectivity index (χ1n) is 13.1. The minimum absolute atomic E-state index is 0.0990. The number of carbonyl (C=O) groups excluding carboxylic acids is 4. The molecule has 0 radical (unpaired) electrons. The molecule has 37 heavy (non-hydrogen) atoms. The highest BCUT2D eigenvalue weighted by Gasteiger charge is 2.67. The average Bonchev–Trinajstić information content (AvgIpc) is 3.54. The van der Waals surface area contributed by atoms with Gasteiger partial charge in [0.25, 0.3) is 0 Å². The molecule has 4 fully saturated rings. The van der Waals surface area contributed by atoms with Crippen molar-refractivity contribution in [2.75, 3.05) is 16.3 Å². The van der Waals surface area contributed by atoms with Crippen molar-refractivity contribution >= 4 is 35.1 Å². The molecule has 3 amide bonds. The van der Waals surface area contributed by atoms with Crippen molar-refractivity contribution in [3.8, 4) is 5.75 Å². The van der Waals surface area contributed by atoms with Crippen molar-refractivity contribution in [2.45, 2.75) is 26.7 Å². The number of allylic oxidation sites excluding steroid dienone is 2. The van der Waals surface area contributed by atoms with Crippen LogP contribution in [-0.2, 0) is 19.2 Å². The average molecular weight is 497 g/mol. The second-order valence-electron chi connectivity index (χ2n) is 11.3. The van der Waals surface area contributed by atoms with E-state index in [1.165, 1.54) is 4.90 Å². The predicted octanol–water partition coefficient (Wildman–Crippen LogP) is 3.82. The van der Waals surface area contributed by atoms with Crippen LogP contribution in [0.5, 0.6) is 5.75 Å². The molecule has 2 aliphatic heterocycles. The quantitative estimate of drug-likeness (QED) is 0.278. The number of rotatable bonds is 4. The summed E-state index contributed by atoms with van der Waals surface area (Å²) in [7, 11) is 0. The molecule has 0 unspecified atom stereocenters. The molecule has 6 aliphatic rings. The van der Waals surface area contributed by atoms with Gasteiger partial charge in [0.1, 0.15) is 5.75 Å². The third-order valence-corrected chi connectivity index (χ3v) is 8.95. The van der Waals surface area contributed by atoms with E-state index in [4.69, 9.17) is 4.74 Å². The first-order valence-corrected chi connectivity index (χ1v) is 13.1. The number of esters is 1. The van der Waals surface area contributed by atoms with Crippen molar-refractivity contribution in [3.63, 3.8) is 0 Å². The summed E-state index contributed by atoms with van der Waals surface area (Å²) in [5.74, 6) is -0.0411.